The molecular weight excluding hydrogens is 421 g/mol. The molecule has 0 fully saturated rings. The lowest BCUT2D eigenvalue weighted by Crippen LogP contribution is -2.29. The second-order valence-corrected chi connectivity index (χ2v) is 7.64. The van der Waals surface area contributed by atoms with Crippen molar-refractivity contribution in [1.82, 2.24) is 20.3 Å². The number of halogens is 2. The Morgan fingerprint density at radius 1 is 1.19 bits per heavy atom. The number of nitrogens with one attached hydrogen (secondary N) is 2. The zero-order chi connectivity index (χ0) is 22.5. The molecule has 0 unspecified atom stereocenters. The Balaban J connectivity index is 2.02. The zero-order valence-electron chi connectivity index (χ0n) is 17.2. The van der Waals surface area contributed by atoms with Crippen LogP contribution in [0, 0.1) is 5.82 Å². The van der Waals surface area contributed by atoms with Crippen molar-refractivity contribution in [2.24, 2.45) is 0 Å². The van der Waals surface area contributed by atoms with Crippen LogP contribution in [0.1, 0.15) is 42.6 Å². The van der Waals surface area contributed by atoms with Gasteiger partial charge < -0.3 is 10.6 Å². The summed E-state index contributed by atoms with van der Waals surface area (Å²) < 4.78 is 14.3. The number of pyridine rings is 1. The Labute approximate surface area is 184 Å². The molecule has 1 aromatic carbocycles. The van der Waals surface area contributed by atoms with Crippen molar-refractivity contribution in [3.05, 3.63) is 64.8 Å². The van der Waals surface area contributed by atoms with E-state index in [-0.39, 0.29) is 35.2 Å². The van der Waals surface area contributed by atoms with E-state index in [0.717, 1.165) is 5.56 Å². The minimum Gasteiger partial charge on any atom is -0.345 e. The fourth-order valence-corrected chi connectivity index (χ4v) is 3.00. The van der Waals surface area contributed by atoms with Crippen molar-refractivity contribution in [3.8, 4) is 11.4 Å². The standard InChI is InChI=1S/C22H21ClFN5O2/c1-12(2)16-11-26-20(15-8-14(23)4-5-18(15)24)29-21(16)28-19-6-7-25-10-17(19)22(31)27-9-13(3)30/h4-8,10-12H,9H2,1-3H3,(H,27,31)(H,25,26,28,29). The third-order valence-electron chi connectivity index (χ3n) is 4.43. The van der Waals surface area contributed by atoms with Gasteiger partial charge in [-0.15, -0.1) is 0 Å². The Morgan fingerprint density at radius 3 is 2.68 bits per heavy atom. The quantitative estimate of drug-likeness (QED) is 0.559. The summed E-state index contributed by atoms with van der Waals surface area (Å²) in [5, 5.41) is 6.05. The van der Waals surface area contributed by atoms with Gasteiger partial charge in [0.05, 0.1) is 23.4 Å². The predicted octanol–water partition coefficient (Wildman–Crippen LogP) is 4.52. The first kappa shape index (κ1) is 22.3. The first-order valence-corrected chi connectivity index (χ1v) is 9.95. The monoisotopic (exact) mass is 441 g/mol. The van der Waals surface area contributed by atoms with Gasteiger partial charge in [0.2, 0.25) is 0 Å². The van der Waals surface area contributed by atoms with Crippen molar-refractivity contribution in [1.29, 1.82) is 0 Å². The summed E-state index contributed by atoms with van der Waals surface area (Å²) in [6, 6.07) is 5.78. The molecule has 0 aliphatic rings. The number of carbonyl (C=O) groups excluding carboxylic acids is 2. The first-order valence-electron chi connectivity index (χ1n) is 9.57. The minimum absolute atomic E-state index is 0.0533. The average Bonchev–Trinajstić information content (AvgIpc) is 2.74. The highest BCUT2D eigenvalue weighted by Crippen LogP contribution is 2.30. The fraction of sp³-hybridized carbons (Fsp3) is 0.227. The van der Waals surface area contributed by atoms with E-state index in [0.29, 0.717) is 16.5 Å². The van der Waals surface area contributed by atoms with E-state index in [1.807, 2.05) is 13.8 Å². The zero-order valence-corrected chi connectivity index (χ0v) is 18.0. The molecule has 0 bridgehead atoms. The smallest absolute Gasteiger partial charge is 0.255 e. The molecular formula is C22H21ClFN5O2. The van der Waals surface area contributed by atoms with Crippen molar-refractivity contribution < 1.29 is 14.0 Å². The fourth-order valence-electron chi connectivity index (χ4n) is 2.82. The number of rotatable bonds is 7. The maximum atomic E-state index is 14.3. The van der Waals surface area contributed by atoms with Crippen LogP contribution in [0.3, 0.4) is 0 Å². The average molecular weight is 442 g/mol. The lowest BCUT2D eigenvalue weighted by molar-refractivity contribution is -0.116. The highest BCUT2D eigenvalue weighted by Gasteiger charge is 2.18. The summed E-state index contributed by atoms with van der Waals surface area (Å²) >= 11 is 6.01. The molecule has 2 N–H and O–H groups in total. The lowest BCUT2D eigenvalue weighted by Gasteiger charge is -2.16. The summed E-state index contributed by atoms with van der Waals surface area (Å²) in [5.41, 5.74) is 1.62. The molecule has 2 heterocycles. The van der Waals surface area contributed by atoms with Gasteiger partial charge in [-0.3, -0.25) is 14.6 Å². The number of amides is 1. The summed E-state index contributed by atoms with van der Waals surface area (Å²) in [4.78, 5) is 36.5. The van der Waals surface area contributed by atoms with Crippen LogP contribution in [0.4, 0.5) is 15.9 Å². The van der Waals surface area contributed by atoms with Crippen molar-refractivity contribution in [3.63, 3.8) is 0 Å². The molecule has 0 aliphatic carbocycles. The summed E-state index contributed by atoms with van der Waals surface area (Å²) in [7, 11) is 0. The van der Waals surface area contributed by atoms with Crippen molar-refractivity contribution >= 4 is 34.8 Å². The second kappa shape index (κ2) is 9.61. The van der Waals surface area contributed by atoms with E-state index >= 15 is 0 Å². The Morgan fingerprint density at radius 2 is 1.97 bits per heavy atom. The number of benzene rings is 1. The molecule has 1 amide bonds. The van der Waals surface area contributed by atoms with Crippen LogP contribution in [-0.2, 0) is 4.79 Å². The van der Waals surface area contributed by atoms with Crippen molar-refractivity contribution in [2.75, 3.05) is 11.9 Å². The topological polar surface area (TPSA) is 96.9 Å². The van der Waals surface area contributed by atoms with Gasteiger partial charge in [0, 0.05) is 29.2 Å². The number of hydrogen-bond acceptors (Lipinski definition) is 6. The lowest BCUT2D eigenvalue weighted by atomic mass is 10.1. The predicted molar refractivity (Wildman–Crippen MR) is 117 cm³/mol. The third kappa shape index (κ3) is 5.40. The van der Waals surface area contributed by atoms with Gasteiger partial charge in [-0.05, 0) is 37.1 Å². The van der Waals surface area contributed by atoms with Crippen LogP contribution in [0.25, 0.3) is 11.4 Å². The van der Waals surface area contributed by atoms with Crippen LogP contribution in [0.15, 0.2) is 42.9 Å². The molecule has 0 spiro atoms. The molecule has 0 aliphatic heterocycles. The van der Waals surface area contributed by atoms with Gasteiger partial charge in [-0.1, -0.05) is 25.4 Å². The number of hydrogen-bond donors (Lipinski definition) is 2. The summed E-state index contributed by atoms with van der Waals surface area (Å²) in [5.74, 6) is -0.488. The van der Waals surface area contributed by atoms with E-state index in [9.17, 15) is 14.0 Å². The van der Waals surface area contributed by atoms with Gasteiger partial charge in [0.15, 0.2) is 5.82 Å². The van der Waals surface area contributed by atoms with E-state index in [1.165, 1.54) is 37.5 Å². The highest BCUT2D eigenvalue weighted by atomic mass is 35.5. The Hall–Kier alpha value is -3.39. The van der Waals surface area contributed by atoms with Crippen LogP contribution in [-0.4, -0.2) is 33.2 Å². The van der Waals surface area contributed by atoms with Crippen LogP contribution in [0.2, 0.25) is 5.02 Å². The molecule has 0 radical (unpaired) electrons. The van der Waals surface area contributed by atoms with Gasteiger partial charge in [0.25, 0.3) is 5.91 Å². The van der Waals surface area contributed by atoms with E-state index in [2.05, 4.69) is 25.6 Å². The van der Waals surface area contributed by atoms with Crippen molar-refractivity contribution in [2.45, 2.75) is 26.7 Å². The van der Waals surface area contributed by atoms with Gasteiger partial charge in [-0.25, -0.2) is 14.4 Å². The third-order valence-corrected chi connectivity index (χ3v) is 4.66. The number of anilines is 2. The van der Waals surface area contributed by atoms with Crippen LogP contribution < -0.4 is 10.6 Å². The van der Waals surface area contributed by atoms with E-state index in [1.54, 1.807) is 12.3 Å². The SMILES string of the molecule is CC(=O)CNC(=O)c1cnccc1Nc1nc(-c2cc(Cl)ccc2F)ncc1C(C)C. The normalized spacial score (nSPS) is 10.8. The van der Waals surface area contributed by atoms with Crippen LogP contribution in [0.5, 0.6) is 0 Å². The molecule has 2 aromatic heterocycles. The molecule has 9 heteroatoms. The molecule has 7 nitrogen and oxygen atoms in total. The summed E-state index contributed by atoms with van der Waals surface area (Å²) in [6.07, 6.45) is 4.54. The van der Waals surface area contributed by atoms with E-state index < -0.39 is 11.7 Å². The number of Topliss-reactive ketones (excluding diaryl/α,β-unsaturated/α-hetero) is 1. The van der Waals surface area contributed by atoms with Gasteiger partial charge in [-0.2, -0.15) is 0 Å². The van der Waals surface area contributed by atoms with Gasteiger partial charge in [0.1, 0.15) is 17.4 Å². The largest absolute Gasteiger partial charge is 0.345 e. The summed E-state index contributed by atoms with van der Waals surface area (Å²) in [6.45, 7) is 5.23. The molecule has 3 aromatic rings. The van der Waals surface area contributed by atoms with Gasteiger partial charge >= 0.3 is 0 Å². The minimum atomic E-state index is -0.499. The van der Waals surface area contributed by atoms with E-state index in [4.69, 9.17) is 11.6 Å². The number of aromatic nitrogens is 3. The van der Waals surface area contributed by atoms with Crippen LogP contribution >= 0.6 is 11.6 Å². The second-order valence-electron chi connectivity index (χ2n) is 7.21. The molecule has 3 rings (SSSR count). The maximum Gasteiger partial charge on any atom is 0.255 e. The molecule has 0 saturated carbocycles. The number of carbonyl (C=O) groups is 2. The first-order chi connectivity index (χ1) is 14.8. The Bertz CT molecular complexity index is 1140. The molecule has 160 valence electrons. The Kier molecular flexibility index (Phi) is 6.91. The molecule has 0 atom stereocenters. The highest BCUT2D eigenvalue weighted by molar-refractivity contribution is 6.30. The number of ketones is 1. The maximum absolute atomic E-state index is 14.3. The number of nitrogens with zero attached hydrogens (tertiary/aromatic N) is 3. The molecule has 31 heavy (non-hydrogen) atoms. The molecule has 0 saturated heterocycles.